The number of carbonyl (C=O) groups excluding carboxylic acids is 1. The van der Waals surface area contributed by atoms with Gasteiger partial charge in [-0.2, -0.15) is 0 Å². The first kappa shape index (κ1) is 13.4. The molecular formula is C15H18N2O2. The van der Waals surface area contributed by atoms with E-state index in [9.17, 15) is 4.79 Å². The zero-order valence-corrected chi connectivity index (χ0v) is 11.1. The van der Waals surface area contributed by atoms with Crippen molar-refractivity contribution in [2.45, 2.75) is 26.4 Å². The minimum absolute atomic E-state index is 0.165. The third-order valence-corrected chi connectivity index (χ3v) is 2.71. The average molecular weight is 258 g/mol. The molecule has 0 atom stereocenters. The summed E-state index contributed by atoms with van der Waals surface area (Å²) in [7, 11) is 0. The van der Waals surface area contributed by atoms with E-state index in [0.717, 1.165) is 12.2 Å². The van der Waals surface area contributed by atoms with E-state index < -0.39 is 0 Å². The molecule has 2 N–H and O–H groups in total. The summed E-state index contributed by atoms with van der Waals surface area (Å²) in [6.07, 6.45) is 2.91. The Hall–Kier alpha value is -2.07. The number of rotatable bonds is 5. The normalized spacial score (nSPS) is 10.7. The molecule has 100 valence electrons. The molecule has 4 heteroatoms. The minimum atomic E-state index is -0.165. The highest BCUT2D eigenvalue weighted by molar-refractivity contribution is 6.03. The maximum absolute atomic E-state index is 11.8. The van der Waals surface area contributed by atoms with Crippen LogP contribution in [0, 0.1) is 0 Å². The molecule has 2 rings (SSSR count). The number of hydrogen-bond donors (Lipinski definition) is 2. The summed E-state index contributed by atoms with van der Waals surface area (Å²) in [4.78, 5) is 11.8. The van der Waals surface area contributed by atoms with Crippen molar-refractivity contribution in [1.82, 2.24) is 5.32 Å². The molecule has 0 unspecified atom stereocenters. The Morgan fingerprint density at radius 3 is 2.53 bits per heavy atom. The van der Waals surface area contributed by atoms with E-state index in [4.69, 9.17) is 4.42 Å². The maximum atomic E-state index is 11.8. The summed E-state index contributed by atoms with van der Waals surface area (Å²) in [5.41, 5.74) is 2.49. The predicted molar refractivity (Wildman–Crippen MR) is 75.1 cm³/mol. The lowest BCUT2D eigenvalue weighted by molar-refractivity contribution is 0.102. The van der Waals surface area contributed by atoms with E-state index >= 15 is 0 Å². The molecule has 0 bridgehead atoms. The first-order chi connectivity index (χ1) is 9.15. The second-order valence-electron chi connectivity index (χ2n) is 4.70. The number of carbonyl (C=O) groups is 1. The SMILES string of the molecule is CC(C)NCc1ccc(NC(=O)c2ccoc2)cc1. The lowest BCUT2D eigenvalue weighted by Gasteiger charge is -2.09. The molecule has 0 aliphatic rings. The second kappa shape index (κ2) is 6.20. The summed E-state index contributed by atoms with van der Waals surface area (Å²) in [5, 5.41) is 6.16. The molecule has 19 heavy (non-hydrogen) atoms. The van der Waals surface area contributed by atoms with Crippen LogP contribution >= 0.6 is 0 Å². The fourth-order valence-electron chi connectivity index (χ4n) is 1.62. The van der Waals surface area contributed by atoms with Gasteiger partial charge in [0.2, 0.25) is 0 Å². The molecule has 0 aliphatic carbocycles. The van der Waals surface area contributed by atoms with Crippen molar-refractivity contribution < 1.29 is 9.21 Å². The molecule has 1 aromatic heterocycles. The monoisotopic (exact) mass is 258 g/mol. The molecule has 0 spiro atoms. The number of furan rings is 1. The third kappa shape index (κ3) is 3.96. The zero-order valence-electron chi connectivity index (χ0n) is 11.1. The lowest BCUT2D eigenvalue weighted by atomic mass is 10.2. The van der Waals surface area contributed by atoms with Crippen LogP contribution < -0.4 is 10.6 Å². The number of benzene rings is 1. The van der Waals surface area contributed by atoms with Crippen LogP contribution in [-0.4, -0.2) is 11.9 Å². The van der Waals surface area contributed by atoms with Crippen LogP contribution in [-0.2, 0) is 6.54 Å². The number of anilines is 1. The molecule has 0 saturated heterocycles. The van der Waals surface area contributed by atoms with E-state index in [2.05, 4.69) is 24.5 Å². The van der Waals surface area contributed by atoms with E-state index in [0.29, 0.717) is 11.6 Å². The van der Waals surface area contributed by atoms with Gasteiger partial charge in [-0.25, -0.2) is 0 Å². The Balaban J connectivity index is 1.93. The van der Waals surface area contributed by atoms with Gasteiger partial charge in [-0.1, -0.05) is 26.0 Å². The highest BCUT2D eigenvalue weighted by Crippen LogP contribution is 2.11. The van der Waals surface area contributed by atoms with E-state index in [1.807, 2.05) is 24.3 Å². The minimum Gasteiger partial charge on any atom is -0.472 e. The van der Waals surface area contributed by atoms with Crippen molar-refractivity contribution in [2.24, 2.45) is 0 Å². The fraction of sp³-hybridized carbons (Fsp3) is 0.267. The number of hydrogen-bond acceptors (Lipinski definition) is 3. The Morgan fingerprint density at radius 2 is 1.95 bits per heavy atom. The second-order valence-corrected chi connectivity index (χ2v) is 4.70. The first-order valence-electron chi connectivity index (χ1n) is 6.31. The van der Waals surface area contributed by atoms with Gasteiger partial charge in [0.15, 0.2) is 0 Å². The Kier molecular flexibility index (Phi) is 4.36. The van der Waals surface area contributed by atoms with E-state index in [-0.39, 0.29) is 5.91 Å². The summed E-state index contributed by atoms with van der Waals surface area (Å²) in [6.45, 7) is 5.05. The van der Waals surface area contributed by atoms with Crippen LogP contribution in [0.3, 0.4) is 0 Å². The van der Waals surface area contributed by atoms with Gasteiger partial charge in [-0.15, -0.1) is 0 Å². The van der Waals surface area contributed by atoms with Crippen LogP contribution in [0.25, 0.3) is 0 Å². The highest BCUT2D eigenvalue weighted by Gasteiger charge is 2.06. The van der Waals surface area contributed by atoms with Crippen LogP contribution in [0.1, 0.15) is 29.8 Å². The van der Waals surface area contributed by atoms with Crippen LogP contribution in [0.5, 0.6) is 0 Å². The molecule has 2 aromatic rings. The van der Waals surface area contributed by atoms with Crippen molar-refractivity contribution in [3.8, 4) is 0 Å². The van der Waals surface area contributed by atoms with E-state index in [1.165, 1.54) is 18.1 Å². The standard InChI is InChI=1S/C15H18N2O2/c1-11(2)16-9-12-3-5-14(6-4-12)17-15(18)13-7-8-19-10-13/h3-8,10-11,16H,9H2,1-2H3,(H,17,18). The summed E-state index contributed by atoms with van der Waals surface area (Å²) in [6, 6.07) is 9.89. The predicted octanol–water partition coefficient (Wildman–Crippen LogP) is 3.03. The molecule has 1 amide bonds. The van der Waals surface area contributed by atoms with Gasteiger partial charge in [0, 0.05) is 18.3 Å². The zero-order chi connectivity index (χ0) is 13.7. The van der Waals surface area contributed by atoms with Gasteiger partial charge in [0.1, 0.15) is 6.26 Å². The Morgan fingerprint density at radius 1 is 1.21 bits per heavy atom. The van der Waals surface area contributed by atoms with Gasteiger partial charge in [-0.3, -0.25) is 4.79 Å². The molecule has 0 aliphatic heterocycles. The molecule has 1 heterocycles. The Labute approximate surface area is 112 Å². The number of amides is 1. The van der Waals surface area contributed by atoms with Gasteiger partial charge < -0.3 is 15.1 Å². The summed E-state index contributed by atoms with van der Waals surface area (Å²) in [5.74, 6) is -0.165. The van der Waals surface area contributed by atoms with Crippen LogP contribution in [0.2, 0.25) is 0 Å². The van der Waals surface area contributed by atoms with Crippen molar-refractivity contribution in [3.05, 3.63) is 54.0 Å². The average Bonchev–Trinajstić information content (AvgIpc) is 2.92. The van der Waals surface area contributed by atoms with Gasteiger partial charge in [0.25, 0.3) is 5.91 Å². The largest absolute Gasteiger partial charge is 0.472 e. The van der Waals surface area contributed by atoms with Crippen molar-refractivity contribution in [2.75, 3.05) is 5.32 Å². The lowest BCUT2D eigenvalue weighted by Crippen LogP contribution is -2.21. The molecule has 4 nitrogen and oxygen atoms in total. The summed E-state index contributed by atoms with van der Waals surface area (Å²) >= 11 is 0. The molecule has 0 radical (unpaired) electrons. The van der Waals surface area contributed by atoms with Crippen LogP contribution in [0.15, 0.2) is 47.3 Å². The topological polar surface area (TPSA) is 54.3 Å². The van der Waals surface area contributed by atoms with Gasteiger partial charge >= 0.3 is 0 Å². The van der Waals surface area contributed by atoms with Crippen molar-refractivity contribution >= 4 is 11.6 Å². The smallest absolute Gasteiger partial charge is 0.258 e. The third-order valence-electron chi connectivity index (χ3n) is 2.71. The van der Waals surface area contributed by atoms with Crippen molar-refractivity contribution in [3.63, 3.8) is 0 Å². The highest BCUT2D eigenvalue weighted by atomic mass is 16.3. The summed E-state index contributed by atoms with van der Waals surface area (Å²) < 4.78 is 4.88. The molecule has 0 fully saturated rings. The molecule has 1 aromatic carbocycles. The van der Waals surface area contributed by atoms with Gasteiger partial charge in [-0.05, 0) is 23.8 Å². The first-order valence-corrected chi connectivity index (χ1v) is 6.31. The molecule has 0 saturated carbocycles. The number of nitrogens with one attached hydrogen (secondary N) is 2. The Bertz CT molecular complexity index is 516. The quantitative estimate of drug-likeness (QED) is 0.866. The molecular weight excluding hydrogens is 240 g/mol. The van der Waals surface area contributed by atoms with Gasteiger partial charge in [0.05, 0.1) is 11.8 Å². The maximum Gasteiger partial charge on any atom is 0.258 e. The fourth-order valence-corrected chi connectivity index (χ4v) is 1.62. The van der Waals surface area contributed by atoms with E-state index in [1.54, 1.807) is 6.07 Å². The van der Waals surface area contributed by atoms with Crippen LogP contribution in [0.4, 0.5) is 5.69 Å². The van der Waals surface area contributed by atoms with Crippen molar-refractivity contribution in [1.29, 1.82) is 0 Å².